The molecular weight excluding hydrogens is 281 g/mol. The Morgan fingerprint density at radius 2 is 2.20 bits per heavy atom. The summed E-state index contributed by atoms with van der Waals surface area (Å²) in [5, 5.41) is 7.31. The lowest BCUT2D eigenvalue weighted by Gasteiger charge is -2.09. The van der Waals surface area contributed by atoms with Gasteiger partial charge in [-0.2, -0.15) is 14.6 Å². The normalized spacial score (nSPS) is 10.9. The highest BCUT2D eigenvalue weighted by molar-refractivity contribution is 6.31. The van der Waals surface area contributed by atoms with Crippen molar-refractivity contribution in [2.24, 2.45) is 0 Å². The maximum Gasteiger partial charge on any atom is 0.254 e. The molecule has 102 valence electrons. The third-order valence-electron chi connectivity index (χ3n) is 2.86. The molecule has 0 bridgehead atoms. The van der Waals surface area contributed by atoms with Gasteiger partial charge in [0.1, 0.15) is 18.0 Å². The second-order valence-corrected chi connectivity index (χ2v) is 4.62. The van der Waals surface area contributed by atoms with Gasteiger partial charge in [0.25, 0.3) is 5.78 Å². The molecule has 1 aromatic carbocycles. The van der Waals surface area contributed by atoms with Gasteiger partial charge >= 0.3 is 0 Å². The van der Waals surface area contributed by atoms with Crippen LogP contribution in [0.4, 0.5) is 15.9 Å². The van der Waals surface area contributed by atoms with Crippen molar-refractivity contribution in [3.8, 4) is 0 Å². The third kappa shape index (κ3) is 2.30. The molecule has 0 unspecified atom stereocenters. The lowest BCUT2D eigenvalue weighted by atomic mass is 10.3. The molecule has 20 heavy (non-hydrogen) atoms. The number of hydrogen-bond donors (Lipinski definition) is 1. The smallest absolute Gasteiger partial charge is 0.254 e. The van der Waals surface area contributed by atoms with E-state index >= 15 is 0 Å². The standard InChI is InChI=1S/C13H11ClFN5/c1-2-8-6-12(20-13(19-8)16-7-17-20)18-9-3-4-11(15)10(14)5-9/h3-7,18H,2H2,1H3. The number of rotatable bonds is 3. The molecule has 0 aliphatic rings. The summed E-state index contributed by atoms with van der Waals surface area (Å²) in [6, 6.07) is 6.31. The zero-order valence-electron chi connectivity index (χ0n) is 10.6. The molecule has 0 aliphatic heterocycles. The van der Waals surface area contributed by atoms with E-state index in [9.17, 15) is 4.39 Å². The topological polar surface area (TPSA) is 55.1 Å². The number of hydrogen-bond acceptors (Lipinski definition) is 4. The van der Waals surface area contributed by atoms with Crippen LogP contribution in [0.25, 0.3) is 5.78 Å². The zero-order valence-corrected chi connectivity index (χ0v) is 11.4. The van der Waals surface area contributed by atoms with Crippen molar-refractivity contribution in [2.75, 3.05) is 5.32 Å². The van der Waals surface area contributed by atoms with Crippen molar-refractivity contribution in [3.63, 3.8) is 0 Å². The second-order valence-electron chi connectivity index (χ2n) is 4.21. The number of halogens is 2. The highest BCUT2D eigenvalue weighted by Crippen LogP contribution is 2.23. The molecule has 2 aromatic heterocycles. The van der Waals surface area contributed by atoms with Gasteiger partial charge in [-0.15, -0.1) is 0 Å². The van der Waals surface area contributed by atoms with Gasteiger partial charge in [-0.1, -0.05) is 18.5 Å². The van der Waals surface area contributed by atoms with Gasteiger partial charge in [-0.25, -0.2) is 9.37 Å². The predicted octanol–water partition coefficient (Wildman–Crippen LogP) is 3.22. The summed E-state index contributed by atoms with van der Waals surface area (Å²) in [6.07, 6.45) is 2.22. The molecule has 3 rings (SSSR count). The molecule has 1 N–H and O–H groups in total. The summed E-state index contributed by atoms with van der Waals surface area (Å²) >= 11 is 5.77. The van der Waals surface area contributed by atoms with E-state index in [2.05, 4.69) is 20.4 Å². The lowest BCUT2D eigenvalue weighted by molar-refractivity contribution is 0.628. The largest absolute Gasteiger partial charge is 0.340 e. The quantitative estimate of drug-likeness (QED) is 0.805. The number of aryl methyl sites for hydroxylation is 1. The van der Waals surface area contributed by atoms with E-state index in [1.54, 1.807) is 10.6 Å². The third-order valence-corrected chi connectivity index (χ3v) is 3.15. The van der Waals surface area contributed by atoms with Crippen molar-refractivity contribution in [1.29, 1.82) is 0 Å². The number of nitrogens with one attached hydrogen (secondary N) is 1. The van der Waals surface area contributed by atoms with Crippen LogP contribution in [-0.4, -0.2) is 19.6 Å². The van der Waals surface area contributed by atoms with E-state index in [4.69, 9.17) is 11.6 Å². The minimum absolute atomic E-state index is 0.0644. The molecular formula is C13H11ClFN5. The molecule has 0 spiro atoms. The highest BCUT2D eigenvalue weighted by Gasteiger charge is 2.08. The molecule has 3 aromatic rings. The average molecular weight is 292 g/mol. The Balaban J connectivity index is 2.04. The van der Waals surface area contributed by atoms with Crippen LogP contribution in [0.2, 0.25) is 5.02 Å². The molecule has 0 fully saturated rings. The average Bonchev–Trinajstić information content (AvgIpc) is 2.91. The van der Waals surface area contributed by atoms with Crippen molar-refractivity contribution >= 4 is 28.9 Å². The van der Waals surface area contributed by atoms with Gasteiger partial charge in [-0.3, -0.25) is 0 Å². The predicted molar refractivity (Wildman–Crippen MR) is 74.9 cm³/mol. The molecule has 0 aliphatic carbocycles. The van der Waals surface area contributed by atoms with Gasteiger partial charge in [0.2, 0.25) is 0 Å². The molecule has 5 nitrogen and oxygen atoms in total. The first-order chi connectivity index (χ1) is 9.67. The van der Waals surface area contributed by atoms with Crippen molar-refractivity contribution in [3.05, 3.63) is 47.1 Å². The fraction of sp³-hybridized carbons (Fsp3) is 0.154. The first kappa shape index (κ1) is 12.8. The molecule has 2 heterocycles. The van der Waals surface area contributed by atoms with E-state index in [1.807, 2.05) is 13.0 Å². The SMILES string of the molecule is CCc1cc(Nc2ccc(F)c(Cl)c2)n2ncnc2n1. The molecule has 7 heteroatoms. The summed E-state index contributed by atoms with van der Waals surface area (Å²) in [5.41, 5.74) is 1.56. The highest BCUT2D eigenvalue weighted by atomic mass is 35.5. The monoisotopic (exact) mass is 291 g/mol. The Kier molecular flexibility index (Phi) is 3.23. The van der Waals surface area contributed by atoms with Crippen molar-refractivity contribution in [1.82, 2.24) is 19.6 Å². The van der Waals surface area contributed by atoms with Crippen LogP contribution < -0.4 is 5.32 Å². The van der Waals surface area contributed by atoms with Crippen LogP contribution >= 0.6 is 11.6 Å². The molecule has 0 radical (unpaired) electrons. The van der Waals surface area contributed by atoms with E-state index < -0.39 is 5.82 Å². The van der Waals surface area contributed by atoms with Gasteiger partial charge < -0.3 is 5.32 Å². The Morgan fingerprint density at radius 1 is 1.35 bits per heavy atom. The summed E-state index contributed by atoms with van der Waals surface area (Å²) < 4.78 is 14.7. The van der Waals surface area contributed by atoms with Crippen LogP contribution in [0.15, 0.2) is 30.6 Å². The Labute approximate surface area is 119 Å². The molecule has 0 saturated carbocycles. The summed E-state index contributed by atoms with van der Waals surface area (Å²) in [5.74, 6) is 0.763. The number of benzene rings is 1. The molecule has 0 saturated heterocycles. The van der Waals surface area contributed by atoms with E-state index in [1.165, 1.54) is 18.5 Å². The summed E-state index contributed by atoms with van der Waals surface area (Å²) in [7, 11) is 0. The first-order valence-electron chi connectivity index (χ1n) is 6.09. The zero-order chi connectivity index (χ0) is 14.1. The van der Waals surface area contributed by atoms with Gasteiger partial charge in [0.15, 0.2) is 0 Å². The fourth-order valence-corrected chi connectivity index (χ4v) is 2.03. The number of anilines is 2. The second kappa shape index (κ2) is 5.05. The van der Waals surface area contributed by atoms with Gasteiger partial charge in [-0.05, 0) is 24.6 Å². The Hall–Kier alpha value is -2.21. The van der Waals surface area contributed by atoms with E-state index in [0.29, 0.717) is 17.3 Å². The number of fused-ring (bicyclic) bond motifs is 1. The minimum Gasteiger partial charge on any atom is -0.340 e. The Bertz CT molecular complexity index is 771. The van der Waals surface area contributed by atoms with Gasteiger partial charge in [0, 0.05) is 17.4 Å². The van der Waals surface area contributed by atoms with Crippen LogP contribution in [0.1, 0.15) is 12.6 Å². The van der Waals surface area contributed by atoms with Crippen molar-refractivity contribution < 1.29 is 4.39 Å². The van der Waals surface area contributed by atoms with Crippen LogP contribution in [0, 0.1) is 5.82 Å². The van der Waals surface area contributed by atoms with E-state index in [0.717, 1.165) is 12.1 Å². The maximum atomic E-state index is 13.2. The van der Waals surface area contributed by atoms with Crippen LogP contribution in [0.3, 0.4) is 0 Å². The van der Waals surface area contributed by atoms with E-state index in [-0.39, 0.29) is 5.02 Å². The van der Waals surface area contributed by atoms with Crippen molar-refractivity contribution in [2.45, 2.75) is 13.3 Å². The van der Waals surface area contributed by atoms with Crippen LogP contribution in [0.5, 0.6) is 0 Å². The summed E-state index contributed by atoms with van der Waals surface area (Å²) in [4.78, 5) is 8.43. The fourth-order valence-electron chi connectivity index (χ4n) is 1.85. The van der Waals surface area contributed by atoms with Crippen LogP contribution in [-0.2, 0) is 6.42 Å². The lowest BCUT2D eigenvalue weighted by Crippen LogP contribution is -2.03. The molecule has 0 amide bonds. The maximum absolute atomic E-state index is 13.2. The van der Waals surface area contributed by atoms with Gasteiger partial charge in [0.05, 0.1) is 5.02 Å². The Morgan fingerprint density at radius 3 is 2.95 bits per heavy atom. The number of nitrogens with zero attached hydrogens (tertiary/aromatic N) is 4. The first-order valence-corrected chi connectivity index (χ1v) is 6.47. The molecule has 0 atom stereocenters. The minimum atomic E-state index is -0.452. The summed E-state index contributed by atoms with van der Waals surface area (Å²) in [6.45, 7) is 2.01. The number of aromatic nitrogens is 4.